The number of anilines is 1. The highest BCUT2D eigenvalue weighted by molar-refractivity contribution is 9.10. The minimum atomic E-state index is -0.707. The number of hydrazine groups is 1. The lowest BCUT2D eigenvalue weighted by Crippen LogP contribution is -2.43. The van der Waals surface area contributed by atoms with Crippen LogP contribution in [0.4, 0.5) is 14.9 Å². The van der Waals surface area contributed by atoms with E-state index < -0.39 is 11.8 Å². The van der Waals surface area contributed by atoms with Crippen LogP contribution in [-0.4, -0.2) is 11.9 Å². The van der Waals surface area contributed by atoms with Gasteiger partial charge in [-0.05, 0) is 42.7 Å². The number of urea groups is 1. The molecule has 126 valence electrons. The molecule has 24 heavy (non-hydrogen) atoms. The highest BCUT2D eigenvalue weighted by Crippen LogP contribution is 2.13. The first-order valence-electron chi connectivity index (χ1n) is 7.39. The van der Waals surface area contributed by atoms with E-state index in [4.69, 9.17) is 0 Å². The Hall–Kier alpha value is -2.41. The number of rotatable bonds is 5. The Labute approximate surface area is 147 Å². The molecule has 0 bridgehead atoms. The number of hydrogen-bond acceptors (Lipinski definition) is 2. The Kier molecular flexibility index (Phi) is 6.74. The van der Waals surface area contributed by atoms with Crippen molar-refractivity contribution < 1.29 is 14.0 Å². The molecule has 0 heterocycles. The summed E-state index contributed by atoms with van der Waals surface area (Å²) in [4.78, 5) is 23.3. The normalized spacial score (nSPS) is 10.1. The maximum absolute atomic E-state index is 13.4. The smallest absolute Gasteiger partial charge is 0.304 e. The van der Waals surface area contributed by atoms with Gasteiger partial charge in [-0.3, -0.25) is 10.2 Å². The van der Waals surface area contributed by atoms with Gasteiger partial charge >= 0.3 is 6.03 Å². The van der Waals surface area contributed by atoms with E-state index in [1.165, 1.54) is 18.2 Å². The number of aryl methyl sites for hydroxylation is 1. The van der Waals surface area contributed by atoms with Crippen molar-refractivity contribution in [2.45, 2.75) is 19.3 Å². The highest BCUT2D eigenvalue weighted by atomic mass is 79.9. The fourth-order valence-electron chi connectivity index (χ4n) is 2.01. The van der Waals surface area contributed by atoms with Crippen molar-refractivity contribution in [3.05, 3.63) is 64.4 Å². The minimum Gasteiger partial charge on any atom is -0.304 e. The van der Waals surface area contributed by atoms with Crippen molar-refractivity contribution in [2.24, 2.45) is 0 Å². The monoisotopic (exact) mass is 393 g/mol. The zero-order valence-electron chi connectivity index (χ0n) is 12.8. The van der Waals surface area contributed by atoms with Crippen molar-refractivity contribution in [3.63, 3.8) is 0 Å². The maximum atomic E-state index is 13.4. The van der Waals surface area contributed by atoms with E-state index in [9.17, 15) is 14.0 Å². The SMILES string of the molecule is O=C(CCCc1ccc(Br)cc1)NNC(=O)Nc1ccccc1F. The van der Waals surface area contributed by atoms with Gasteiger partial charge in [0.25, 0.3) is 0 Å². The summed E-state index contributed by atoms with van der Waals surface area (Å²) >= 11 is 3.37. The van der Waals surface area contributed by atoms with Gasteiger partial charge in [0.2, 0.25) is 5.91 Å². The van der Waals surface area contributed by atoms with Crippen LogP contribution in [-0.2, 0) is 11.2 Å². The molecular formula is C17H17BrFN3O2. The van der Waals surface area contributed by atoms with Gasteiger partial charge in [0, 0.05) is 10.9 Å². The third-order valence-corrected chi connectivity index (χ3v) is 3.75. The average Bonchev–Trinajstić information content (AvgIpc) is 2.57. The fourth-order valence-corrected chi connectivity index (χ4v) is 2.27. The van der Waals surface area contributed by atoms with Gasteiger partial charge in [0.1, 0.15) is 5.82 Å². The van der Waals surface area contributed by atoms with E-state index in [0.717, 1.165) is 16.5 Å². The number of halogens is 2. The first kappa shape index (κ1) is 17.9. The summed E-state index contributed by atoms with van der Waals surface area (Å²) < 4.78 is 14.4. The molecule has 0 fully saturated rings. The second-order valence-electron chi connectivity index (χ2n) is 5.09. The lowest BCUT2D eigenvalue weighted by molar-refractivity contribution is -0.121. The summed E-state index contributed by atoms with van der Waals surface area (Å²) in [5.41, 5.74) is 5.66. The Morgan fingerprint density at radius 2 is 1.71 bits per heavy atom. The zero-order chi connectivity index (χ0) is 17.4. The summed E-state index contributed by atoms with van der Waals surface area (Å²) in [6.45, 7) is 0. The molecule has 2 aromatic carbocycles. The average molecular weight is 394 g/mol. The van der Waals surface area contributed by atoms with E-state index in [1.54, 1.807) is 6.07 Å². The van der Waals surface area contributed by atoms with Crippen molar-refractivity contribution >= 4 is 33.6 Å². The summed E-state index contributed by atoms with van der Waals surface area (Å²) in [6, 6.07) is 12.9. The third kappa shape index (κ3) is 6.00. The fraction of sp³-hybridized carbons (Fsp3) is 0.176. The van der Waals surface area contributed by atoms with Crippen molar-refractivity contribution in [2.75, 3.05) is 5.32 Å². The van der Waals surface area contributed by atoms with Crippen molar-refractivity contribution in [3.8, 4) is 0 Å². The van der Waals surface area contributed by atoms with E-state index in [-0.39, 0.29) is 18.0 Å². The first-order chi connectivity index (χ1) is 11.5. The predicted molar refractivity (Wildman–Crippen MR) is 93.8 cm³/mol. The lowest BCUT2D eigenvalue weighted by atomic mass is 10.1. The van der Waals surface area contributed by atoms with Crippen LogP contribution in [0.15, 0.2) is 53.0 Å². The van der Waals surface area contributed by atoms with Crippen LogP contribution >= 0.6 is 15.9 Å². The van der Waals surface area contributed by atoms with Crippen LogP contribution in [0.5, 0.6) is 0 Å². The molecule has 0 saturated heterocycles. The second-order valence-corrected chi connectivity index (χ2v) is 6.00. The number of hydrogen-bond donors (Lipinski definition) is 3. The number of para-hydroxylation sites is 1. The highest BCUT2D eigenvalue weighted by Gasteiger charge is 2.07. The van der Waals surface area contributed by atoms with Crippen molar-refractivity contribution in [1.29, 1.82) is 0 Å². The Balaban J connectivity index is 1.66. The molecule has 0 aliphatic rings. The van der Waals surface area contributed by atoms with Crippen LogP contribution in [0, 0.1) is 5.82 Å². The van der Waals surface area contributed by atoms with Crippen LogP contribution in [0.2, 0.25) is 0 Å². The Morgan fingerprint density at radius 1 is 1.00 bits per heavy atom. The molecule has 0 aromatic heterocycles. The number of nitrogens with one attached hydrogen (secondary N) is 3. The van der Waals surface area contributed by atoms with Gasteiger partial charge in [0.15, 0.2) is 0 Å². The van der Waals surface area contributed by atoms with Gasteiger partial charge in [-0.1, -0.05) is 40.2 Å². The van der Waals surface area contributed by atoms with E-state index in [1.807, 2.05) is 24.3 Å². The first-order valence-corrected chi connectivity index (χ1v) is 8.19. The molecule has 0 atom stereocenters. The molecular weight excluding hydrogens is 377 g/mol. The largest absolute Gasteiger partial charge is 0.338 e. The zero-order valence-corrected chi connectivity index (χ0v) is 14.4. The number of carbonyl (C=O) groups is 2. The molecule has 0 radical (unpaired) electrons. The minimum absolute atomic E-state index is 0.0412. The van der Waals surface area contributed by atoms with Gasteiger partial charge < -0.3 is 5.32 Å². The van der Waals surface area contributed by atoms with Crippen LogP contribution in [0.25, 0.3) is 0 Å². The predicted octanol–water partition coefficient (Wildman–Crippen LogP) is 3.76. The second kappa shape index (κ2) is 9.02. The van der Waals surface area contributed by atoms with Crippen LogP contribution in [0.3, 0.4) is 0 Å². The molecule has 5 nitrogen and oxygen atoms in total. The van der Waals surface area contributed by atoms with Crippen molar-refractivity contribution in [1.82, 2.24) is 10.9 Å². The molecule has 0 aliphatic heterocycles. The molecule has 0 aliphatic carbocycles. The standard InChI is InChI=1S/C17H17BrFN3O2/c18-13-10-8-12(9-11-13)4-3-7-16(23)21-22-17(24)20-15-6-2-1-5-14(15)19/h1-2,5-6,8-11H,3-4,7H2,(H,21,23)(H2,20,22,24). The van der Waals surface area contributed by atoms with E-state index in [2.05, 4.69) is 32.1 Å². The lowest BCUT2D eigenvalue weighted by Gasteiger charge is -2.09. The molecule has 2 aromatic rings. The topological polar surface area (TPSA) is 70.2 Å². The third-order valence-electron chi connectivity index (χ3n) is 3.22. The number of carbonyl (C=O) groups excluding carboxylic acids is 2. The van der Waals surface area contributed by atoms with Crippen LogP contribution < -0.4 is 16.2 Å². The van der Waals surface area contributed by atoms with Gasteiger partial charge in [-0.2, -0.15) is 0 Å². The van der Waals surface area contributed by atoms with E-state index >= 15 is 0 Å². The molecule has 0 saturated carbocycles. The molecule has 3 N–H and O–H groups in total. The molecule has 0 spiro atoms. The molecule has 0 unspecified atom stereocenters. The number of benzene rings is 2. The van der Waals surface area contributed by atoms with Gasteiger partial charge in [0.05, 0.1) is 5.69 Å². The Morgan fingerprint density at radius 3 is 2.42 bits per heavy atom. The maximum Gasteiger partial charge on any atom is 0.338 e. The molecule has 3 amide bonds. The van der Waals surface area contributed by atoms with Gasteiger partial charge in [-0.25, -0.2) is 14.6 Å². The molecule has 7 heteroatoms. The Bertz CT molecular complexity index is 707. The van der Waals surface area contributed by atoms with Gasteiger partial charge in [-0.15, -0.1) is 0 Å². The summed E-state index contributed by atoms with van der Waals surface area (Å²) in [5, 5.41) is 2.31. The quantitative estimate of drug-likeness (QED) is 0.676. The molecule has 2 rings (SSSR count). The summed E-state index contributed by atoms with van der Waals surface area (Å²) in [7, 11) is 0. The summed E-state index contributed by atoms with van der Waals surface area (Å²) in [5.74, 6) is -0.857. The van der Waals surface area contributed by atoms with E-state index in [0.29, 0.717) is 6.42 Å². The number of amides is 3. The summed E-state index contributed by atoms with van der Waals surface area (Å²) in [6.07, 6.45) is 1.70. The van der Waals surface area contributed by atoms with Crippen LogP contribution in [0.1, 0.15) is 18.4 Å².